The minimum Gasteiger partial charge on any atom is -0.379 e. The summed E-state index contributed by atoms with van der Waals surface area (Å²) in [6.45, 7) is 9.84. The molecule has 0 spiro atoms. The number of carbonyl (C=O) groups excluding carboxylic acids is 1. The molecule has 7 heteroatoms. The maximum Gasteiger partial charge on any atom is 0.225 e. The second kappa shape index (κ2) is 9.73. The number of amides is 1. The second-order valence-corrected chi connectivity index (χ2v) is 8.89. The minimum absolute atomic E-state index is 0.00936. The summed E-state index contributed by atoms with van der Waals surface area (Å²) in [5, 5.41) is 2.16. The van der Waals surface area contributed by atoms with Gasteiger partial charge in [-0.1, -0.05) is 44.2 Å². The lowest BCUT2D eigenvalue weighted by molar-refractivity contribution is -0.134. The molecule has 0 saturated carbocycles. The van der Waals surface area contributed by atoms with Crippen LogP contribution in [0.1, 0.15) is 19.5 Å². The Kier molecular flexibility index (Phi) is 6.82. The molecule has 0 bridgehead atoms. The number of hydrogen-bond donors (Lipinski definition) is 0. The Balaban J connectivity index is 1.43. The molecule has 2 aromatic heterocycles. The van der Waals surface area contributed by atoms with Gasteiger partial charge in [-0.15, -0.1) is 11.3 Å². The van der Waals surface area contributed by atoms with Crippen molar-refractivity contribution >= 4 is 22.2 Å². The van der Waals surface area contributed by atoms with E-state index in [0.29, 0.717) is 0 Å². The summed E-state index contributed by atoms with van der Waals surface area (Å²) in [5.41, 5.74) is 3.32. The van der Waals surface area contributed by atoms with Gasteiger partial charge in [0.05, 0.1) is 18.9 Å². The number of benzene rings is 1. The summed E-state index contributed by atoms with van der Waals surface area (Å²) in [7, 11) is 0. The van der Waals surface area contributed by atoms with Gasteiger partial charge in [0.1, 0.15) is 0 Å². The Morgan fingerprint density at radius 2 is 1.97 bits per heavy atom. The lowest BCUT2D eigenvalue weighted by atomic mass is 10.1. The van der Waals surface area contributed by atoms with Crippen molar-refractivity contribution in [1.82, 2.24) is 19.2 Å². The smallest absolute Gasteiger partial charge is 0.225 e. The molecule has 0 aliphatic carbocycles. The van der Waals surface area contributed by atoms with E-state index in [4.69, 9.17) is 9.72 Å². The van der Waals surface area contributed by atoms with Gasteiger partial charge in [0, 0.05) is 67.9 Å². The van der Waals surface area contributed by atoms with Crippen LogP contribution in [-0.4, -0.2) is 71.0 Å². The molecule has 0 atom stereocenters. The van der Waals surface area contributed by atoms with Gasteiger partial charge >= 0.3 is 0 Å². The van der Waals surface area contributed by atoms with E-state index in [-0.39, 0.29) is 11.8 Å². The van der Waals surface area contributed by atoms with E-state index >= 15 is 0 Å². The predicted molar refractivity (Wildman–Crippen MR) is 121 cm³/mol. The molecule has 1 aliphatic heterocycles. The largest absolute Gasteiger partial charge is 0.379 e. The third-order valence-corrected chi connectivity index (χ3v) is 6.47. The van der Waals surface area contributed by atoms with Crippen LogP contribution in [0.3, 0.4) is 0 Å². The lowest BCUT2D eigenvalue weighted by Crippen LogP contribution is -2.44. The maximum atomic E-state index is 12.8. The average Bonchev–Trinajstić information content (AvgIpc) is 3.36. The number of carbonyl (C=O) groups is 1. The van der Waals surface area contributed by atoms with Gasteiger partial charge < -0.3 is 9.64 Å². The zero-order valence-electron chi connectivity index (χ0n) is 17.8. The Morgan fingerprint density at radius 1 is 1.20 bits per heavy atom. The van der Waals surface area contributed by atoms with E-state index < -0.39 is 0 Å². The highest BCUT2D eigenvalue weighted by atomic mass is 32.1. The van der Waals surface area contributed by atoms with Crippen molar-refractivity contribution in [2.24, 2.45) is 5.92 Å². The van der Waals surface area contributed by atoms with Crippen LogP contribution in [0.5, 0.6) is 0 Å². The molecule has 30 heavy (non-hydrogen) atoms. The van der Waals surface area contributed by atoms with E-state index in [1.54, 1.807) is 11.3 Å². The van der Waals surface area contributed by atoms with Crippen molar-refractivity contribution in [1.29, 1.82) is 0 Å². The molecular weight excluding hydrogens is 396 g/mol. The topological polar surface area (TPSA) is 50.1 Å². The van der Waals surface area contributed by atoms with Crippen molar-refractivity contribution in [2.45, 2.75) is 20.3 Å². The van der Waals surface area contributed by atoms with E-state index in [1.165, 1.54) is 5.69 Å². The van der Waals surface area contributed by atoms with Gasteiger partial charge in [-0.25, -0.2) is 4.98 Å². The standard InChI is InChI=1S/C23H30N4O2S/c1-18(2)22(28)26(11-10-25-12-14-29-15-13-25)9-8-20-17-30-23-24-21(16-27(20)23)19-6-4-3-5-7-19/h3-7,16-18H,8-15H2,1-2H3. The average molecular weight is 427 g/mol. The SMILES string of the molecule is CC(C)C(=O)N(CCc1csc2nc(-c3ccccc3)cn12)CCN1CCOCC1. The van der Waals surface area contributed by atoms with Crippen molar-refractivity contribution in [3.05, 3.63) is 47.6 Å². The number of rotatable bonds is 8. The quantitative estimate of drug-likeness (QED) is 0.554. The van der Waals surface area contributed by atoms with Gasteiger partial charge in [-0.2, -0.15) is 0 Å². The van der Waals surface area contributed by atoms with E-state index in [2.05, 4.69) is 33.0 Å². The molecule has 160 valence electrons. The number of imidazole rings is 1. The molecule has 1 fully saturated rings. The number of morpholine rings is 1. The fraction of sp³-hybridized carbons (Fsp3) is 0.478. The number of fused-ring (bicyclic) bond motifs is 1. The first-order valence-corrected chi connectivity index (χ1v) is 11.6. The van der Waals surface area contributed by atoms with Gasteiger partial charge in [0.25, 0.3) is 0 Å². The summed E-state index contributed by atoms with van der Waals surface area (Å²) < 4.78 is 7.61. The first-order valence-electron chi connectivity index (χ1n) is 10.7. The number of hydrogen-bond acceptors (Lipinski definition) is 5. The zero-order valence-corrected chi connectivity index (χ0v) is 18.6. The molecule has 1 saturated heterocycles. The molecule has 0 N–H and O–H groups in total. The van der Waals surface area contributed by atoms with Crippen LogP contribution in [0.25, 0.3) is 16.2 Å². The first kappa shape index (κ1) is 21.0. The predicted octanol–water partition coefficient (Wildman–Crippen LogP) is 3.42. The highest BCUT2D eigenvalue weighted by molar-refractivity contribution is 7.15. The van der Waals surface area contributed by atoms with Crippen molar-refractivity contribution in [3.8, 4) is 11.3 Å². The van der Waals surface area contributed by atoms with Crippen molar-refractivity contribution < 1.29 is 9.53 Å². The summed E-state index contributed by atoms with van der Waals surface area (Å²) in [4.78, 5) is 23.0. The molecule has 0 radical (unpaired) electrons. The molecule has 1 aromatic carbocycles. The van der Waals surface area contributed by atoms with Crippen LogP contribution >= 0.6 is 11.3 Å². The van der Waals surface area contributed by atoms with Crippen molar-refractivity contribution in [3.63, 3.8) is 0 Å². The summed E-state index contributed by atoms with van der Waals surface area (Å²) in [6, 6.07) is 10.3. The van der Waals surface area contributed by atoms with E-state index in [0.717, 1.165) is 68.6 Å². The maximum absolute atomic E-state index is 12.8. The third kappa shape index (κ3) is 4.91. The fourth-order valence-electron chi connectivity index (χ4n) is 3.79. The summed E-state index contributed by atoms with van der Waals surface area (Å²) >= 11 is 1.66. The number of thiazole rings is 1. The molecule has 6 nitrogen and oxygen atoms in total. The van der Waals surface area contributed by atoms with E-state index in [9.17, 15) is 4.79 Å². The van der Waals surface area contributed by atoms with Gasteiger partial charge in [0.2, 0.25) is 5.91 Å². The highest BCUT2D eigenvalue weighted by Crippen LogP contribution is 2.24. The number of ether oxygens (including phenoxy) is 1. The van der Waals surface area contributed by atoms with Gasteiger partial charge in [0.15, 0.2) is 4.96 Å². The van der Waals surface area contributed by atoms with Crippen LogP contribution in [0.15, 0.2) is 41.9 Å². The minimum atomic E-state index is 0.00936. The van der Waals surface area contributed by atoms with E-state index in [1.807, 2.05) is 36.9 Å². The Hall–Kier alpha value is -2.22. The summed E-state index contributed by atoms with van der Waals surface area (Å²) in [6.07, 6.45) is 2.94. The first-order chi connectivity index (χ1) is 14.6. The van der Waals surface area contributed by atoms with Crippen molar-refractivity contribution in [2.75, 3.05) is 45.9 Å². The van der Waals surface area contributed by atoms with Gasteiger partial charge in [-0.05, 0) is 0 Å². The molecule has 3 aromatic rings. The number of nitrogens with zero attached hydrogens (tertiary/aromatic N) is 4. The fourth-order valence-corrected chi connectivity index (χ4v) is 4.70. The Morgan fingerprint density at radius 3 is 2.70 bits per heavy atom. The van der Waals surface area contributed by atoms with Crippen LogP contribution in [0, 0.1) is 5.92 Å². The lowest BCUT2D eigenvalue weighted by Gasteiger charge is -2.31. The van der Waals surface area contributed by atoms with Crippen LogP contribution in [0.4, 0.5) is 0 Å². The summed E-state index contributed by atoms with van der Waals surface area (Å²) in [5.74, 6) is 0.237. The Bertz CT molecular complexity index is 960. The third-order valence-electron chi connectivity index (χ3n) is 5.59. The number of aromatic nitrogens is 2. The van der Waals surface area contributed by atoms with Crippen LogP contribution < -0.4 is 0 Å². The molecule has 1 amide bonds. The normalized spacial score (nSPS) is 15.2. The molecular formula is C23H30N4O2S. The highest BCUT2D eigenvalue weighted by Gasteiger charge is 2.20. The van der Waals surface area contributed by atoms with Crippen LogP contribution in [-0.2, 0) is 16.0 Å². The Labute approximate surface area is 182 Å². The zero-order chi connectivity index (χ0) is 20.9. The van der Waals surface area contributed by atoms with Crippen LogP contribution in [0.2, 0.25) is 0 Å². The molecule has 3 heterocycles. The second-order valence-electron chi connectivity index (χ2n) is 8.06. The van der Waals surface area contributed by atoms with Gasteiger partial charge in [-0.3, -0.25) is 14.1 Å². The molecule has 4 rings (SSSR count). The molecule has 1 aliphatic rings. The monoisotopic (exact) mass is 426 g/mol. The molecule has 0 unspecified atom stereocenters.